The van der Waals surface area contributed by atoms with E-state index in [-0.39, 0.29) is 11.5 Å². The maximum Gasteiger partial charge on any atom is 0.218 e. The lowest BCUT2D eigenvalue weighted by molar-refractivity contribution is 0.415. The van der Waals surface area contributed by atoms with Crippen molar-refractivity contribution in [1.29, 1.82) is 5.41 Å². The van der Waals surface area contributed by atoms with Crippen LogP contribution in [0.15, 0.2) is 29.3 Å². The molecule has 5 nitrogen and oxygen atoms in total. The van der Waals surface area contributed by atoms with Gasteiger partial charge in [0.2, 0.25) is 11.5 Å². The van der Waals surface area contributed by atoms with Gasteiger partial charge in [0.25, 0.3) is 0 Å². The molecular weight excluding hydrogens is 252 g/mol. The van der Waals surface area contributed by atoms with E-state index in [4.69, 9.17) is 5.41 Å². The molecule has 0 bridgehead atoms. The van der Waals surface area contributed by atoms with Crippen LogP contribution in [-0.2, 0) is 13.6 Å². The van der Waals surface area contributed by atoms with E-state index in [1.54, 1.807) is 22.4 Å². The Morgan fingerprint density at radius 1 is 1.35 bits per heavy atom. The number of nitrogens with one attached hydrogen (secondary N) is 1. The fourth-order valence-corrected chi connectivity index (χ4v) is 2.45. The normalized spacial score (nSPS) is 15.0. The van der Waals surface area contributed by atoms with Crippen LogP contribution in [-0.4, -0.2) is 20.5 Å². The molecule has 0 saturated carbocycles. The van der Waals surface area contributed by atoms with Gasteiger partial charge in [-0.2, -0.15) is 0 Å². The number of aliphatic imine (C=N–C) groups is 1. The summed E-state index contributed by atoms with van der Waals surface area (Å²) in [5.41, 5.74) is 3.82. The van der Waals surface area contributed by atoms with E-state index < -0.39 is 0 Å². The van der Waals surface area contributed by atoms with Crippen LogP contribution in [0.4, 0.5) is 5.69 Å². The van der Waals surface area contributed by atoms with Crippen molar-refractivity contribution in [2.24, 2.45) is 12.0 Å². The molecule has 20 heavy (non-hydrogen) atoms. The van der Waals surface area contributed by atoms with E-state index in [0.29, 0.717) is 12.2 Å². The average molecular weight is 268 g/mol. The highest BCUT2D eigenvalue weighted by Gasteiger charge is 2.16. The van der Waals surface area contributed by atoms with E-state index in [1.165, 1.54) is 0 Å². The van der Waals surface area contributed by atoms with Gasteiger partial charge in [-0.15, -0.1) is 0 Å². The molecule has 0 radical (unpaired) electrons. The van der Waals surface area contributed by atoms with Crippen LogP contribution in [0.5, 0.6) is 5.88 Å². The third kappa shape index (κ3) is 1.71. The largest absolute Gasteiger partial charge is 0.493 e. The van der Waals surface area contributed by atoms with Crippen molar-refractivity contribution >= 4 is 23.6 Å². The minimum atomic E-state index is 0.116. The molecule has 0 fully saturated rings. The Labute approximate surface area is 116 Å². The molecule has 102 valence electrons. The van der Waals surface area contributed by atoms with Gasteiger partial charge in [-0.3, -0.25) is 15.0 Å². The van der Waals surface area contributed by atoms with E-state index in [9.17, 15) is 5.11 Å². The van der Waals surface area contributed by atoms with Gasteiger partial charge in [0.1, 0.15) is 5.69 Å². The van der Waals surface area contributed by atoms with Crippen molar-refractivity contribution in [3.05, 3.63) is 41.1 Å². The van der Waals surface area contributed by atoms with Gasteiger partial charge in [-0.25, -0.2) is 0 Å². The number of nitrogens with zero attached hydrogens (tertiary/aromatic N) is 3. The van der Waals surface area contributed by atoms with Gasteiger partial charge in [-0.05, 0) is 19.1 Å². The fourth-order valence-electron chi connectivity index (χ4n) is 2.45. The second-order valence-corrected chi connectivity index (χ2v) is 4.71. The third-order valence-corrected chi connectivity index (χ3v) is 3.59. The first-order valence-electron chi connectivity index (χ1n) is 6.51. The van der Waals surface area contributed by atoms with E-state index in [0.717, 1.165) is 16.8 Å². The lowest BCUT2D eigenvalue weighted by Gasteiger charge is -2.01. The Bertz CT molecular complexity index is 793. The van der Waals surface area contributed by atoms with Gasteiger partial charge in [0.15, 0.2) is 0 Å². The van der Waals surface area contributed by atoms with Gasteiger partial charge < -0.3 is 9.67 Å². The molecule has 5 heteroatoms. The zero-order valence-electron chi connectivity index (χ0n) is 11.5. The zero-order valence-corrected chi connectivity index (χ0v) is 11.5. The van der Waals surface area contributed by atoms with Crippen LogP contribution in [0.2, 0.25) is 0 Å². The molecule has 0 saturated heterocycles. The highest BCUT2D eigenvalue weighted by molar-refractivity contribution is 6.21. The summed E-state index contributed by atoms with van der Waals surface area (Å²) in [5.74, 6) is 0.116. The summed E-state index contributed by atoms with van der Waals surface area (Å²) in [4.78, 5) is 4.35. The lowest BCUT2D eigenvalue weighted by Crippen LogP contribution is -2.22. The highest BCUT2D eigenvalue weighted by atomic mass is 16.3. The molecule has 2 aromatic rings. The van der Waals surface area contributed by atoms with Crippen molar-refractivity contribution in [3.8, 4) is 5.88 Å². The molecule has 1 aromatic carbocycles. The first-order valence-corrected chi connectivity index (χ1v) is 6.51. The Hall–Kier alpha value is -2.56. The van der Waals surface area contributed by atoms with E-state index in [1.807, 2.05) is 37.3 Å². The average Bonchev–Trinajstić information content (AvgIpc) is 2.95. The molecule has 1 aliphatic heterocycles. The lowest BCUT2D eigenvalue weighted by atomic mass is 10.1. The maximum absolute atomic E-state index is 10.2. The molecule has 2 N–H and O–H groups in total. The van der Waals surface area contributed by atoms with Crippen LogP contribution >= 0.6 is 0 Å². The van der Waals surface area contributed by atoms with Crippen LogP contribution in [0.3, 0.4) is 0 Å². The number of benzene rings is 1. The number of para-hydroxylation sites is 1. The Balaban J connectivity index is 2.16. The van der Waals surface area contributed by atoms with Crippen LogP contribution in [0, 0.1) is 5.41 Å². The van der Waals surface area contributed by atoms with Gasteiger partial charge in [0.05, 0.1) is 5.69 Å². The Kier molecular flexibility index (Phi) is 2.82. The smallest absolute Gasteiger partial charge is 0.218 e. The van der Waals surface area contributed by atoms with E-state index >= 15 is 0 Å². The first-order chi connectivity index (χ1) is 9.63. The fraction of sp³-hybridized carbons (Fsp3) is 0.200. The van der Waals surface area contributed by atoms with Crippen molar-refractivity contribution in [2.75, 3.05) is 0 Å². The summed E-state index contributed by atoms with van der Waals surface area (Å²) in [6.45, 7) is 2.47. The predicted octanol–water partition coefficient (Wildman–Crippen LogP) is 2.29. The second-order valence-electron chi connectivity index (χ2n) is 4.71. The van der Waals surface area contributed by atoms with Crippen LogP contribution < -0.4 is 5.62 Å². The van der Waals surface area contributed by atoms with Crippen LogP contribution in [0.1, 0.15) is 18.2 Å². The number of fused-ring (bicyclic) bond motifs is 1. The number of aromatic hydroxyl groups is 1. The highest BCUT2D eigenvalue weighted by Crippen LogP contribution is 2.33. The van der Waals surface area contributed by atoms with Crippen LogP contribution in [0.25, 0.3) is 11.6 Å². The number of imidazole rings is 1. The van der Waals surface area contributed by atoms with Gasteiger partial charge >= 0.3 is 0 Å². The number of allylic oxidation sites excluding steroid dienone is 1. The summed E-state index contributed by atoms with van der Waals surface area (Å²) >= 11 is 0. The summed E-state index contributed by atoms with van der Waals surface area (Å²) in [6.07, 6.45) is 3.66. The molecule has 0 unspecified atom stereocenters. The van der Waals surface area contributed by atoms with Gasteiger partial charge in [0, 0.05) is 30.9 Å². The summed E-state index contributed by atoms with van der Waals surface area (Å²) in [6, 6.07) is 7.88. The summed E-state index contributed by atoms with van der Waals surface area (Å²) in [7, 11) is 1.78. The molecule has 0 atom stereocenters. The zero-order chi connectivity index (χ0) is 14.3. The van der Waals surface area contributed by atoms with E-state index in [2.05, 4.69) is 4.99 Å². The molecule has 1 aromatic heterocycles. The maximum atomic E-state index is 10.2. The van der Waals surface area contributed by atoms with Crippen molar-refractivity contribution in [2.45, 2.75) is 13.5 Å². The summed E-state index contributed by atoms with van der Waals surface area (Å²) < 4.78 is 3.23. The molecule has 0 aliphatic carbocycles. The predicted molar refractivity (Wildman–Crippen MR) is 79.1 cm³/mol. The van der Waals surface area contributed by atoms with Crippen molar-refractivity contribution in [1.82, 2.24) is 9.13 Å². The molecule has 2 heterocycles. The van der Waals surface area contributed by atoms with Crippen molar-refractivity contribution in [3.63, 3.8) is 0 Å². The van der Waals surface area contributed by atoms with Gasteiger partial charge in [-0.1, -0.05) is 18.2 Å². The quantitative estimate of drug-likeness (QED) is 0.862. The molecule has 0 spiro atoms. The standard InChI is InChI=1S/C15H16N4O/c1-3-19-14(20)13(18(2)15(19)16)8-10-9-17-12-7-5-4-6-11(10)12/h4-9,16,20H,3H2,1-2H3. The number of rotatable bonds is 2. The topological polar surface area (TPSA) is 66.3 Å². The first kappa shape index (κ1) is 12.5. The minimum Gasteiger partial charge on any atom is -0.493 e. The SMILES string of the molecule is CCn1c(O)c(C=C2C=Nc3ccccc32)n(C)c1=N. The molecule has 0 amide bonds. The molecule has 3 rings (SSSR count). The van der Waals surface area contributed by atoms with Crippen molar-refractivity contribution < 1.29 is 5.11 Å². The Morgan fingerprint density at radius 3 is 2.80 bits per heavy atom. The number of hydrogen-bond donors (Lipinski definition) is 2. The Morgan fingerprint density at radius 2 is 2.10 bits per heavy atom. The molecular formula is C15H16N4O. The molecule has 1 aliphatic rings. The monoisotopic (exact) mass is 268 g/mol. The second kappa shape index (κ2) is 4.52. The third-order valence-electron chi connectivity index (χ3n) is 3.59. The minimum absolute atomic E-state index is 0.116. The summed E-state index contributed by atoms with van der Waals surface area (Å²) in [5, 5.41) is 18.2. The number of hydrogen-bond acceptors (Lipinski definition) is 3. The number of aromatic nitrogens is 2.